The lowest BCUT2D eigenvalue weighted by atomic mass is 10.1. The summed E-state index contributed by atoms with van der Waals surface area (Å²) in [5.74, 6) is 2.03. The zero-order valence-corrected chi connectivity index (χ0v) is 24.8. The lowest BCUT2D eigenvalue weighted by molar-refractivity contribution is 0.835. The number of nitrogens with one attached hydrogen (secondary N) is 4. The van der Waals surface area contributed by atoms with E-state index in [0.29, 0.717) is 5.92 Å². The zero-order valence-electron chi connectivity index (χ0n) is 24.8. The molecule has 0 bridgehead atoms. The molecule has 6 aromatic rings. The summed E-state index contributed by atoms with van der Waals surface area (Å²) in [5.41, 5.74) is 11.6. The van der Waals surface area contributed by atoms with E-state index in [2.05, 4.69) is 107 Å². The molecule has 218 valence electrons. The first kappa shape index (κ1) is 27.2. The molecule has 6 heterocycles. The molecule has 8 rings (SSSR count). The third kappa shape index (κ3) is 5.33. The van der Waals surface area contributed by atoms with Crippen molar-refractivity contribution in [3.63, 3.8) is 0 Å². The number of aromatic amines is 2. The quantitative estimate of drug-likeness (QED) is 0.162. The number of nitrogens with zero attached hydrogens (tertiary/aromatic N) is 6. The maximum absolute atomic E-state index is 4.39. The van der Waals surface area contributed by atoms with Gasteiger partial charge in [0.05, 0.1) is 23.9 Å². The van der Waals surface area contributed by atoms with Crippen LogP contribution in [0, 0.1) is 0 Å². The van der Waals surface area contributed by atoms with Crippen molar-refractivity contribution in [2.24, 2.45) is 9.98 Å². The minimum absolute atomic E-state index is 0.429. The molecular formula is C34H32N10. The minimum Gasteiger partial charge on any atom is -0.343 e. The molecule has 2 aliphatic rings. The number of allylic oxidation sites excluding steroid dienone is 1. The molecular weight excluding hydrogens is 548 g/mol. The van der Waals surface area contributed by atoms with Gasteiger partial charge in [0.2, 0.25) is 0 Å². The van der Waals surface area contributed by atoms with Gasteiger partial charge in [-0.2, -0.15) is 0 Å². The van der Waals surface area contributed by atoms with Crippen molar-refractivity contribution >= 4 is 63.1 Å². The van der Waals surface area contributed by atoms with Crippen LogP contribution in [0.3, 0.4) is 0 Å². The number of aromatic nitrogens is 6. The van der Waals surface area contributed by atoms with Gasteiger partial charge in [-0.1, -0.05) is 32.6 Å². The van der Waals surface area contributed by atoms with Crippen LogP contribution in [0.2, 0.25) is 0 Å². The molecule has 0 radical (unpaired) electrons. The molecule has 4 N–H and O–H groups in total. The molecule has 2 aliphatic heterocycles. The molecule has 44 heavy (non-hydrogen) atoms. The summed E-state index contributed by atoms with van der Waals surface area (Å²) in [6.45, 7) is 11.8. The van der Waals surface area contributed by atoms with E-state index in [1.165, 1.54) is 22.4 Å². The predicted octanol–water partition coefficient (Wildman–Crippen LogP) is 7.42. The van der Waals surface area contributed by atoms with Gasteiger partial charge in [0, 0.05) is 35.2 Å². The SMILES string of the molecule is C=C(C)c1cc2c(Nc3ccc4c(c3)C=NC4)ncnc2[nH]1.CC(C)c1cc2c(Nc3ccc4c(c3)C=NC4)ncnc2[nH]1. The fraction of sp³-hybridized carbons (Fsp3) is 0.176. The number of hydrogen-bond donors (Lipinski definition) is 4. The molecule has 0 fully saturated rings. The lowest BCUT2D eigenvalue weighted by Gasteiger charge is -2.07. The van der Waals surface area contributed by atoms with E-state index in [0.717, 1.165) is 75.0 Å². The molecule has 0 aliphatic carbocycles. The number of anilines is 4. The number of rotatable bonds is 6. The van der Waals surface area contributed by atoms with Crippen LogP contribution in [0.1, 0.15) is 60.3 Å². The van der Waals surface area contributed by atoms with Gasteiger partial charge in [0.1, 0.15) is 35.6 Å². The average Bonchev–Trinajstić information content (AvgIpc) is 3.82. The first-order valence-corrected chi connectivity index (χ1v) is 14.5. The van der Waals surface area contributed by atoms with Crippen LogP contribution < -0.4 is 10.6 Å². The van der Waals surface area contributed by atoms with E-state index in [4.69, 9.17) is 0 Å². The second-order valence-corrected chi connectivity index (χ2v) is 11.3. The number of H-pyrrole nitrogens is 2. The number of fused-ring (bicyclic) bond motifs is 4. The standard InChI is InChI=1S/C17H17N5.C17H15N5/c2*1-10(2)15-6-14-16(19-9-20-17(14)22-15)21-13-4-3-11-7-18-8-12(11)5-13/h3-6,8-10H,7H2,1-2H3,(H2,19,20,21,22);3-6,8-9H,1,7H2,2H3,(H2,19,20,21,22). The Morgan fingerprint density at radius 2 is 1.27 bits per heavy atom. The average molecular weight is 581 g/mol. The van der Waals surface area contributed by atoms with Gasteiger partial charge in [0.15, 0.2) is 0 Å². The fourth-order valence-corrected chi connectivity index (χ4v) is 5.27. The molecule has 0 unspecified atom stereocenters. The van der Waals surface area contributed by atoms with E-state index in [9.17, 15) is 0 Å². The van der Waals surface area contributed by atoms with Gasteiger partial charge in [-0.25, -0.2) is 19.9 Å². The summed E-state index contributed by atoms with van der Waals surface area (Å²) < 4.78 is 0. The van der Waals surface area contributed by atoms with Gasteiger partial charge in [0.25, 0.3) is 0 Å². The molecule has 0 saturated heterocycles. The minimum atomic E-state index is 0.429. The maximum Gasteiger partial charge on any atom is 0.143 e. The number of benzene rings is 2. The second-order valence-electron chi connectivity index (χ2n) is 11.3. The molecule has 4 aromatic heterocycles. The Bertz CT molecular complexity index is 2100. The van der Waals surface area contributed by atoms with E-state index in [1.54, 1.807) is 12.7 Å². The molecule has 10 heteroatoms. The van der Waals surface area contributed by atoms with Crippen molar-refractivity contribution in [2.45, 2.75) is 39.8 Å². The number of aliphatic imine (C=N–C) groups is 2. The largest absolute Gasteiger partial charge is 0.343 e. The highest BCUT2D eigenvalue weighted by atomic mass is 15.0. The van der Waals surface area contributed by atoms with Crippen molar-refractivity contribution in [3.05, 3.63) is 101 Å². The third-order valence-electron chi connectivity index (χ3n) is 7.76. The smallest absolute Gasteiger partial charge is 0.143 e. The summed E-state index contributed by atoms with van der Waals surface area (Å²) in [6, 6.07) is 16.7. The second kappa shape index (κ2) is 11.2. The van der Waals surface area contributed by atoms with Gasteiger partial charge < -0.3 is 20.6 Å². The summed E-state index contributed by atoms with van der Waals surface area (Å²) in [7, 11) is 0. The monoisotopic (exact) mass is 580 g/mol. The summed E-state index contributed by atoms with van der Waals surface area (Å²) in [5, 5.41) is 8.73. The van der Waals surface area contributed by atoms with Crippen molar-refractivity contribution in [1.29, 1.82) is 0 Å². The Labute approximate surface area is 254 Å². The van der Waals surface area contributed by atoms with E-state index in [-0.39, 0.29) is 0 Å². The van der Waals surface area contributed by atoms with Crippen molar-refractivity contribution in [3.8, 4) is 0 Å². The van der Waals surface area contributed by atoms with Crippen molar-refractivity contribution < 1.29 is 0 Å². The van der Waals surface area contributed by atoms with Crippen LogP contribution in [-0.4, -0.2) is 42.3 Å². The predicted molar refractivity (Wildman–Crippen MR) is 179 cm³/mol. The van der Waals surface area contributed by atoms with Crippen LogP contribution in [0.4, 0.5) is 23.0 Å². The topological polar surface area (TPSA) is 132 Å². The summed E-state index contributed by atoms with van der Waals surface area (Å²) >= 11 is 0. The Balaban J connectivity index is 0.000000142. The van der Waals surface area contributed by atoms with Crippen LogP contribution >= 0.6 is 0 Å². The fourth-order valence-electron chi connectivity index (χ4n) is 5.27. The van der Waals surface area contributed by atoms with Gasteiger partial charge in [-0.15, -0.1) is 0 Å². The Morgan fingerprint density at radius 1 is 0.727 bits per heavy atom. The molecule has 0 atom stereocenters. The Hall–Kier alpha value is -5.64. The van der Waals surface area contributed by atoms with E-state index >= 15 is 0 Å². The van der Waals surface area contributed by atoms with Gasteiger partial charge in [-0.3, -0.25) is 9.98 Å². The first-order valence-electron chi connectivity index (χ1n) is 14.5. The van der Waals surface area contributed by atoms with Crippen LogP contribution in [-0.2, 0) is 13.1 Å². The summed E-state index contributed by atoms with van der Waals surface area (Å²) in [6.07, 6.45) is 6.97. The van der Waals surface area contributed by atoms with E-state index in [1.807, 2.05) is 31.5 Å². The van der Waals surface area contributed by atoms with Gasteiger partial charge >= 0.3 is 0 Å². The zero-order chi connectivity index (χ0) is 30.2. The lowest BCUT2D eigenvalue weighted by Crippen LogP contribution is -1.96. The highest BCUT2D eigenvalue weighted by Gasteiger charge is 2.13. The van der Waals surface area contributed by atoms with Crippen LogP contribution in [0.25, 0.3) is 27.6 Å². The van der Waals surface area contributed by atoms with Crippen LogP contribution in [0.5, 0.6) is 0 Å². The molecule has 0 amide bonds. The van der Waals surface area contributed by atoms with E-state index < -0.39 is 0 Å². The van der Waals surface area contributed by atoms with Crippen LogP contribution in [0.15, 0.2) is 77.7 Å². The van der Waals surface area contributed by atoms with Crippen molar-refractivity contribution in [2.75, 3.05) is 10.6 Å². The maximum atomic E-state index is 4.39. The highest BCUT2D eigenvalue weighted by molar-refractivity contribution is 5.93. The first-order chi connectivity index (χ1) is 21.4. The molecule has 10 nitrogen and oxygen atoms in total. The van der Waals surface area contributed by atoms with Gasteiger partial charge in [-0.05, 0) is 77.1 Å². The molecule has 0 saturated carbocycles. The normalized spacial score (nSPS) is 12.8. The van der Waals surface area contributed by atoms with Crippen molar-refractivity contribution in [1.82, 2.24) is 29.9 Å². The molecule has 0 spiro atoms. The third-order valence-corrected chi connectivity index (χ3v) is 7.76. The Morgan fingerprint density at radius 3 is 1.82 bits per heavy atom. The summed E-state index contributed by atoms with van der Waals surface area (Å²) in [4.78, 5) is 32.5. The highest BCUT2D eigenvalue weighted by Crippen LogP contribution is 2.29. The Kier molecular flexibility index (Phi) is 6.94. The number of hydrogen-bond acceptors (Lipinski definition) is 8. The molecule has 2 aromatic carbocycles.